The van der Waals surface area contributed by atoms with Crippen molar-refractivity contribution in [3.8, 4) is 0 Å². The molecule has 6 nitrogen and oxygen atoms in total. The number of aromatic nitrogens is 1. The normalized spacial score (nSPS) is 19.2. The number of carbonyl (C=O) groups excluding carboxylic acids is 2. The van der Waals surface area contributed by atoms with E-state index in [1.807, 2.05) is 0 Å². The third kappa shape index (κ3) is 2.54. The van der Waals surface area contributed by atoms with Gasteiger partial charge >= 0.3 is 0 Å². The van der Waals surface area contributed by atoms with Gasteiger partial charge < -0.3 is 10.6 Å². The van der Waals surface area contributed by atoms with Crippen LogP contribution in [0, 0.1) is 11.6 Å². The summed E-state index contributed by atoms with van der Waals surface area (Å²) in [6, 6.07) is -0.0709. The number of rotatable bonds is 3. The molecule has 108 valence electrons. The number of imide groups is 1. The molecule has 1 fully saturated rings. The summed E-state index contributed by atoms with van der Waals surface area (Å²) in [4.78, 5) is 27.9. The fourth-order valence-corrected chi connectivity index (χ4v) is 1.96. The topological polar surface area (TPSA) is 74.3 Å². The number of carbonyl (C=O) groups is 2. The molecule has 1 aromatic heterocycles. The van der Waals surface area contributed by atoms with Gasteiger partial charge in [0.05, 0.1) is 0 Å². The van der Waals surface area contributed by atoms with Crippen molar-refractivity contribution in [2.24, 2.45) is 0 Å². The minimum atomic E-state index is -0.895. The first-order valence-corrected chi connectivity index (χ1v) is 6.04. The summed E-state index contributed by atoms with van der Waals surface area (Å²) in [5.41, 5.74) is 0. The molecule has 20 heavy (non-hydrogen) atoms. The first-order valence-electron chi connectivity index (χ1n) is 6.04. The number of likely N-dealkylation sites (N-methyl/N-ethyl adjacent to an activating group) is 1. The summed E-state index contributed by atoms with van der Waals surface area (Å²) in [5.74, 6) is -2.81. The van der Waals surface area contributed by atoms with Crippen molar-refractivity contribution in [1.82, 2.24) is 9.88 Å². The van der Waals surface area contributed by atoms with E-state index in [2.05, 4.69) is 15.6 Å². The number of anilines is 2. The Morgan fingerprint density at radius 1 is 1.30 bits per heavy atom. The molecule has 2 rings (SSSR count). The van der Waals surface area contributed by atoms with Crippen LogP contribution < -0.4 is 10.6 Å². The highest BCUT2D eigenvalue weighted by Crippen LogP contribution is 2.22. The summed E-state index contributed by atoms with van der Waals surface area (Å²) in [6.07, 6.45) is 0.428. The van der Waals surface area contributed by atoms with Crippen LogP contribution in [0.15, 0.2) is 6.07 Å². The average Bonchev–Trinajstić information content (AvgIpc) is 2.42. The van der Waals surface area contributed by atoms with Gasteiger partial charge in [0.1, 0.15) is 6.04 Å². The molecule has 0 bridgehead atoms. The maximum Gasteiger partial charge on any atom is 0.251 e. The van der Waals surface area contributed by atoms with E-state index in [1.54, 1.807) is 0 Å². The summed E-state index contributed by atoms with van der Waals surface area (Å²) in [5, 5.41) is 5.10. The number of pyridine rings is 1. The Bertz CT molecular complexity index is 565. The molecule has 1 aliphatic rings. The van der Waals surface area contributed by atoms with E-state index in [9.17, 15) is 18.4 Å². The van der Waals surface area contributed by atoms with E-state index in [0.29, 0.717) is 6.07 Å². The molecular weight excluding hydrogens is 270 g/mol. The van der Waals surface area contributed by atoms with Gasteiger partial charge in [0.15, 0.2) is 23.3 Å². The Kier molecular flexibility index (Phi) is 3.82. The number of amides is 2. The van der Waals surface area contributed by atoms with Crippen LogP contribution in [0.25, 0.3) is 0 Å². The minimum Gasteiger partial charge on any atom is -0.371 e. The highest BCUT2D eigenvalue weighted by Gasteiger charge is 2.32. The van der Waals surface area contributed by atoms with Gasteiger partial charge in [-0.05, 0) is 6.42 Å². The molecule has 2 N–H and O–H groups in total. The number of halogens is 2. The second kappa shape index (κ2) is 5.40. The molecule has 2 amide bonds. The minimum absolute atomic E-state index is 0.124. The van der Waals surface area contributed by atoms with Gasteiger partial charge in [-0.3, -0.25) is 14.5 Å². The second-order valence-electron chi connectivity index (χ2n) is 4.43. The molecule has 1 saturated heterocycles. The van der Waals surface area contributed by atoms with Crippen LogP contribution in [0.1, 0.15) is 12.8 Å². The van der Waals surface area contributed by atoms with E-state index in [0.717, 1.165) is 4.90 Å². The van der Waals surface area contributed by atoms with Crippen molar-refractivity contribution in [3.63, 3.8) is 0 Å². The van der Waals surface area contributed by atoms with Crippen molar-refractivity contribution < 1.29 is 18.4 Å². The Balaban J connectivity index is 2.22. The van der Waals surface area contributed by atoms with E-state index in [4.69, 9.17) is 0 Å². The smallest absolute Gasteiger partial charge is 0.251 e. The lowest BCUT2D eigenvalue weighted by molar-refractivity contribution is -0.146. The molecule has 0 radical (unpaired) electrons. The fourth-order valence-electron chi connectivity index (χ4n) is 1.96. The maximum absolute atomic E-state index is 13.6. The summed E-state index contributed by atoms with van der Waals surface area (Å²) < 4.78 is 26.9. The van der Waals surface area contributed by atoms with Crippen LogP contribution in [0.3, 0.4) is 0 Å². The average molecular weight is 284 g/mol. The predicted molar refractivity (Wildman–Crippen MR) is 68.1 cm³/mol. The summed E-state index contributed by atoms with van der Waals surface area (Å²) in [6.45, 7) is 0. The first kappa shape index (κ1) is 14.2. The predicted octanol–water partition coefficient (Wildman–Crippen LogP) is 0.961. The molecular formula is C12H14F2N4O2. The number of piperidine rings is 1. The number of nitrogens with one attached hydrogen (secondary N) is 2. The van der Waals surface area contributed by atoms with E-state index in [-0.39, 0.29) is 30.4 Å². The van der Waals surface area contributed by atoms with Crippen LogP contribution in [0.4, 0.5) is 20.4 Å². The van der Waals surface area contributed by atoms with Crippen LogP contribution in [0.2, 0.25) is 0 Å². The number of hydrogen-bond acceptors (Lipinski definition) is 5. The molecule has 0 spiro atoms. The quantitative estimate of drug-likeness (QED) is 0.809. The first-order chi connectivity index (χ1) is 9.43. The van der Waals surface area contributed by atoms with Crippen molar-refractivity contribution in [2.75, 3.05) is 24.7 Å². The third-order valence-electron chi connectivity index (χ3n) is 3.13. The van der Waals surface area contributed by atoms with Gasteiger partial charge in [0, 0.05) is 26.6 Å². The third-order valence-corrected chi connectivity index (χ3v) is 3.13. The highest BCUT2D eigenvalue weighted by molar-refractivity contribution is 6.01. The van der Waals surface area contributed by atoms with Crippen LogP contribution in [-0.4, -0.2) is 41.8 Å². The van der Waals surface area contributed by atoms with Gasteiger partial charge in [-0.15, -0.1) is 0 Å². The van der Waals surface area contributed by atoms with Crippen LogP contribution >= 0.6 is 0 Å². The van der Waals surface area contributed by atoms with E-state index >= 15 is 0 Å². The Hall–Kier alpha value is -2.25. The highest BCUT2D eigenvalue weighted by atomic mass is 19.1. The molecule has 1 unspecified atom stereocenters. The van der Waals surface area contributed by atoms with Gasteiger partial charge in [0.2, 0.25) is 5.91 Å². The zero-order valence-corrected chi connectivity index (χ0v) is 11.0. The van der Waals surface area contributed by atoms with Gasteiger partial charge in [0.25, 0.3) is 5.91 Å². The van der Waals surface area contributed by atoms with Gasteiger partial charge in [-0.1, -0.05) is 0 Å². The zero-order valence-electron chi connectivity index (χ0n) is 11.0. The molecule has 1 atom stereocenters. The molecule has 1 aliphatic heterocycles. The SMILES string of the molecule is CNc1nc(NC2CCC(=O)N(C)C2=O)c(F)cc1F. The molecule has 8 heteroatoms. The molecule has 0 aliphatic carbocycles. The number of hydrogen-bond donors (Lipinski definition) is 2. The number of likely N-dealkylation sites (tertiary alicyclic amines) is 1. The summed E-state index contributed by atoms with van der Waals surface area (Å²) >= 11 is 0. The fraction of sp³-hybridized carbons (Fsp3) is 0.417. The lowest BCUT2D eigenvalue weighted by Crippen LogP contribution is -2.48. The summed E-state index contributed by atoms with van der Waals surface area (Å²) in [7, 11) is 2.82. The molecule has 1 aromatic rings. The standard InChI is InChI=1S/C12H14F2N4O2/c1-15-10-6(13)5-7(14)11(17-10)16-8-3-4-9(19)18(2)12(8)20/h5,8H,3-4H2,1-2H3,(H2,15,16,17). The van der Waals surface area contributed by atoms with E-state index in [1.165, 1.54) is 14.1 Å². The lowest BCUT2D eigenvalue weighted by atomic mass is 10.0. The lowest BCUT2D eigenvalue weighted by Gasteiger charge is -2.28. The number of nitrogens with zero attached hydrogens (tertiary/aromatic N) is 2. The molecule has 0 aromatic carbocycles. The Morgan fingerprint density at radius 2 is 1.95 bits per heavy atom. The Labute approximate surface area is 114 Å². The van der Waals surface area contributed by atoms with Gasteiger partial charge in [-0.25, -0.2) is 13.8 Å². The van der Waals surface area contributed by atoms with Gasteiger partial charge in [-0.2, -0.15) is 0 Å². The largest absolute Gasteiger partial charge is 0.371 e. The van der Waals surface area contributed by atoms with Crippen LogP contribution in [0.5, 0.6) is 0 Å². The van der Waals surface area contributed by atoms with Crippen molar-refractivity contribution in [2.45, 2.75) is 18.9 Å². The van der Waals surface area contributed by atoms with E-state index < -0.39 is 23.6 Å². The maximum atomic E-state index is 13.6. The van der Waals surface area contributed by atoms with Crippen LogP contribution in [-0.2, 0) is 9.59 Å². The van der Waals surface area contributed by atoms with Crippen molar-refractivity contribution in [3.05, 3.63) is 17.7 Å². The molecule has 0 saturated carbocycles. The Morgan fingerprint density at radius 3 is 2.60 bits per heavy atom. The monoisotopic (exact) mass is 284 g/mol. The second-order valence-corrected chi connectivity index (χ2v) is 4.43. The zero-order chi connectivity index (χ0) is 14.9. The van der Waals surface area contributed by atoms with Crippen molar-refractivity contribution >= 4 is 23.5 Å². The molecule has 2 heterocycles. The van der Waals surface area contributed by atoms with Crippen molar-refractivity contribution in [1.29, 1.82) is 0 Å².